The summed E-state index contributed by atoms with van der Waals surface area (Å²) in [7, 11) is 0. The van der Waals surface area contributed by atoms with Gasteiger partial charge in [0.2, 0.25) is 0 Å². The Morgan fingerprint density at radius 1 is 1.21 bits per heavy atom. The largest absolute Gasteiger partial charge is 0.463 e. The van der Waals surface area contributed by atoms with Crippen LogP contribution < -0.4 is 5.32 Å². The monoisotopic (exact) mass is 320 g/mol. The molecule has 24 heavy (non-hydrogen) atoms. The molecule has 0 aliphatic carbocycles. The number of rotatable bonds is 4. The van der Waals surface area contributed by atoms with E-state index < -0.39 is 0 Å². The molecule has 4 aromatic rings. The summed E-state index contributed by atoms with van der Waals surface area (Å²) in [5.74, 6) is 0.280. The van der Waals surface area contributed by atoms with Crippen molar-refractivity contribution in [3.63, 3.8) is 0 Å². The highest BCUT2D eigenvalue weighted by molar-refractivity contribution is 6.07. The topological polar surface area (TPSA) is 102 Å². The van der Waals surface area contributed by atoms with Crippen LogP contribution in [0.4, 0.5) is 5.69 Å². The van der Waals surface area contributed by atoms with E-state index in [1.54, 1.807) is 47.6 Å². The Labute approximate surface area is 136 Å². The number of hydrogen-bond acceptors (Lipinski definition) is 5. The van der Waals surface area contributed by atoms with Crippen molar-refractivity contribution in [2.75, 3.05) is 5.32 Å². The Morgan fingerprint density at radius 3 is 2.79 bits per heavy atom. The van der Waals surface area contributed by atoms with Gasteiger partial charge in [0, 0.05) is 5.69 Å². The molecule has 0 saturated heterocycles. The number of aromatic nitrogens is 5. The van der Waals surface area contributed by atoms with Crippen molar-refractivity contribution in [3.05, 3.63) is 66.8 Å². The fourth-order valence-electron chi connectivity index (χ4n) is 2.31. The van der Waals surface area contributed by atoms with Gasteiger partial charge >= 0.3 is 0 Å². The van der Waals surface area contributed by atoms with E-state index in [-0.39, 0.29) is 5.91 Å². The molecule has 0 spiro atoms. The van der Waals surface area contributed by atoms with Crippen molar-refractivity contribution in [2.45, 2.75) is 0 Å². The highest BCUT2D eigenvalue weighted by Gasteiger charge is 2.17. The summed E-state index contributed by atoms with van der Waals surface area (Å²) in [4.78, 5) is 12.5. The Bertz CT molecular complexity index is 939. The average Bonchev–Trinajstić information content (AvgIpc) is 3.35. The van der Waals surface area contributed by atoms with E-state index in [1.807, 2.05) is 12.1 Å². The number of aromatic amines is 1. The van der Waals surface area contributed by atoms with Crippen LogP contribution in [0.25, 0.3) is 17.1 Å². The van der Waals surface area contributed by atoms with Gasteiger partial charge in [0.1, 0.15) is 5.69 Å². The molecule has 0 bridgehead atoms. The zero-order valence-electron chi connectivity index (χ0n) is 12.4. The van der Waals surface area contributed by atoms with E-state index in [0.29, 0.717) is 22.7 Å². The van der Waals surface area contributed by atoms with Gasteiger partial charge in [0.15, 0.2) is 5.76 Å². The molecule has 0 aliphatic heterocycles. The van der Waals surface area contributed by atoms with Crippen molar-refractivity contribution in [1.29, 1.82) is 0 Å². The third-order valence-corrected chi connectivity index (χ3v) is 3.46. The molecule has 0 radical (unpaired) electrons. The first-order valence-electron chi connectivity index (χ1n) is 7.16. The van der Waals surface area contributed by atoms with E-state index in [2.05, 4.69) is 25.8 Å². The predicted octanol–water partition coefficient (Wildman–Crippen LogP) is 2.50. The summed E-state index contributed by atoms with van der Waals surface area (Å²) in [6, 6.07) is 10.8. The zero-order valence-corrected chi connectivity index (χ0v) is 12.4. The lowest BCUT2D eigenvalue weighted by atomic mass is 10.2. The highest BCUT2D eigenvalue weighted by Crippen LogP contribution is 2.22. The molecule has 0 unspecified atom stereocenters. The van der Waals surface area contributed by atoms with Crippen LogP contribution in [0.1, 0.15) is 10.4 Å². The number of anilines is 1. The summed E-state index contributed by atoms with van der Waals surface area (Å²) in [5.41, 5.74) is 2.46. The fourth-order valence-corrected chi connectivity index (χ4v) is 2.31. The van der Waals surface area contributed by atoms with E-state index in [4.69, 9.17) is 4.42 Å². The number of benzene rings is 1. The maximum absolute atomic E-state index is 12.5. The zero-order chi connectivity index (χ0) is 16.4. The Hall–Kier alpha value is -3.68. The van der Waals surface area contributed by atoms with Crippen molar-refractivity contribution < 1.29 is 9.21 Å². The van der Waals surface area contributed by atoms with Crippen molar-refractivity contribution in [2.24, 2.45) is 0 Å². The van der Waals surface area contributed by atoms with Crippen LogP contribution in [-0.2, 0) is 0 Å². The lowest BCUT2D eigenvalue weighted by Crippen LogP contribution is -2.12. The number of carbonyl (C=O) groups is 1. The van der Waals surface area contributed by atoms with Crippen molar-refractivity contribution in [3.8, 4) is 17.1 Å². The van der Waals surface area contributed by atoms with Crippen molar-refractivity contribution >= 4 is 11.6 Å². The predicted molar refractivity (Wildman–Crippen MR) is 85.6 cm³/mol. The molecule has 8 heteroatoms. The lowest BCUT2D eigenvalue weighted by Gasteiger charge is -2.06. The maximum atomic E-state index is 12.5. The third kappa shape index (κ3) is 2.56. The highest BCUT2D eigenvalue weighted by atomic mass is 16.3. The summed E-state index contributed by atoms with van der Waals surface area (Å²) in [6.45, 7) is 0. The van der Waals surface area contributed by atoms with Crippen LogP contribution in [-0.4, -0.2) is 31.1 Å². The third-order valence-electron chi connectivity index (χ3n) is 3.46. The van der Waals surface area contributed by atoms with Gasteiger partial charge < -0.3 is 9.73 Å². The molecule has 4 rings (SSSR count). The van der Waals surface area contributed by atoms with Gasteiger partial charge in [-0.05, 0) is 36.4 Å². The van der Waals surface area contributed by atoms with Gasteiger partial charge in [0.25, 0.3) is 5.91 Å². The molecule has 0 atom stereocenters. The number of furan rings is 1. The second kappa shape index (κ2) is 5.84. The van der Waals surface area contributed by atoms with Crippen LogP contribution in [0.15, 0.2) is 65.7 Å². The second-order valence-electron chi connectivity index (χ2n) is 4.98. The minimum Gasteiger partial charge on any atom is -0.463 e. The molecular weight excluding hydrogens is 308 g/mol. The van der Waals surface area contributed by atoms with Gasteiger partial charge in [-0.2, -0.15) is 5.10 Å². The second-order valence-corrected chi connectivity index (χ2v) is 4.98. The summed E-state index contributed by atoms with van der Waals surface area (Å²) >= 11 is 0. The number of nitrogens with zero attached hydrogens (tertiary/aromatic N) is 4. The van der Waals surface area contributed by atoms with Gasteiger partial charge in [-0.1, -0.05) is 5.21 Å². The van der Waals surface area contributed by atoms with Gasteiger partial charge in [-0.25, -0.2) is 4.68 Å². The smallest absolute Gasteiger partial charge is 0.259 e. The van der Waals surface area contributed by atoms with Crippen molar-refractivity contribution in [1.82, 2.24) is 25.2 Å². The summed E-state index contributed by atoms with van der Waals surface area (Å²) in [6.07, 6.45) is 6.36. The molecule has 0 fully saturated rings. The number of carbonyl (C=O) groups excluding carboxylic acids is 1. The molecule has 1 aromatic carbocycles. The minimum atomic E-state index is -0.274. The van der Waals surface area contributed by atoms with Crippen LogP contribution in [0.5, 0.6) is 0 Å². The summed E-state index contributed by atoms with van der Waals surface area (Å²) < 4.78 is 6.94. The quantitative estimate of drug-likeness (QED) is 0.601. The first-order valence-corrected chi connectivity index (χ1v) is 7.16. The van der Waals surface area contributed by atoms with E-state index >= 15 is 0 Å². The molecule has 3 heterocycles. The Balaban J connectivity index is 1.54. The van der Waals surface area contributed by atoms with Crippen LogP contribution in [0.2, 0.25) is 0 Å². The molecule has 3 aromatic heterocycles. The molecule has 0 saturated carbocycles. The van der Waals surface area contributed by atoms with E-state index in [0.717, 1.165) is 5.69 Å². The minimum absolute atomic E-state index is 0.274. The van der Waals surface area contributed by atoms with Gasteiger partial charge in [0.05, 0.1) is 36.1 Å². The lowest BCUT2D eigenvalue weighted by molar-refractivity contribution is 0.102. The van der Waals surface area contributed by atoms with Gasteiger partial charge in [-0.15, -0.1) is 5.10 Å². The number of amides is 1. The Morgan fingerprint density at radius 2 is 2.08 bits per heavy atom. The maximum Gasteiger partial charge on any atom is 0.259 e. The molecule has 2 N–H and O–H groups in total. The molecule has 0 aliphatic rings. The van der Waals surface area contributed by atoms with Crippen LogP contribution >= 0.6 is 0 Å². The molecule has 118 valence electrons. The summed E-state index contributed by atoms with van der Waals surface area (Å²) in [5, 5.41) is 17.2. The number of nitrogens with one attached hydrogen (secondary N) is 2. The SMILES string of the molecule is O=C(Nc1ccc(-n2ccnn2)cc1)c1cn[nH]c1-c1ccco1. The van der Waals surface area contributed by atoms with Gasteiger partial charge in [-0.3, -0.25) is 9.89 Å². The van der Waals surface area contributed by atoms with E-state index in [1.165, 1.54) is 6.20 Å². The fraction of sp³-hybridized carbons (Fsp3) is 0. The molecule has 8 nitrogen and oxygen atoms in total. The first-order chi connectivity index (χ1) is 11.8. The van der Waals surface area contributed by atoms with Crippen LogP contribution in [0.3, 0.4) is 0 Å². The van der Waals surface area contributed by atoms with Crippen LogP contribution in [0, 0.1) is 0 Å². The molecular formula is C16H12N6O2. The average molecular weight is 320 g/mol. The normalized spacial score (nSPS) is 10.7. The van der Waals surface area contributed by atoms with E-state index in [9.17, 15) is 4.79 Å². The first kappa shape index (κ1) is 13.9. The standard InChI is InChI=1S/C16H12N6O2/c23-16(13-10-18-20-15(13)14-2-1-9-24-14)19-11-3-5-12(6-4-11)22-8-7-17-21-22/h1-10H,(H,18,20)(H,19,23). The number of H-pyrrole nitrogens is 1. The number of hydrogen-bond donors (Lipinski definition) is 2. The molecule has 1 amide bonds. The Kier molecular flexibility index (Phi) is 3.39.